The third kappa shape index (κ3) is 6.91. The van der Waals surface area contributed by atoms with Gasteiger partial charge in [-0.2, -0.15) is 0 Å². The van der Waals surface area contributed by atoms with Crippen molar-refractivity contribution >= 4 is 18.7 Å². The monoisotopic (exact) mass is 501 g/mol. The molecule has 2 atom stereocenters. The maximum absolute atomic E-state index is 14.5. The van der Waals surface area contributed by atoms with E-state index in [0.717, 1.165) is 6.42 Å². The lowest BCUT2D eigenvalue weighted by Gasteiger charge is -2.44. The third-order valence-electron chi connectivity index (χ3n) is 6.75. The molecule has 3 rings (SSSR count). The summed E-state index contributed by atoms with van der Waals surface area (Å²) in [6, 6.07) is 30.8. The van der Waals surface area contributed by atoms with Crippen molar-refractivity contribution in [1.29, 1.82) is 0 Å². The Balaban J connectivity index is 1.87. The Kier molecular flexibility index (Phi) is 10.00. The summed E-state index contributed by atoms with van der Waals surface area (Å²) in [5.41, 5.74) is 1.19. The Morgan fingerprint density at radius 1 is 0.917 bits per heavy atom. The van der Waals surface area contributed by atoms with Gasteiger partial charge in [0, 0.05) is 6.04 Å². The normalized spacial score (nSPS) is 13.7. The molecule has 3 aromatic rings. The van der Waals surface area contributed by atoms with Gasteiger partial charge in [-0.05, 0) is 40.2 Å². The van der Waals surface area contributed by atoms with Crippen molar-refractivity contribution in [1.82, 2.24) is 5.32 Å². The number of nitrogens with one attached hydrogen (secondary N) is 1. The molecule has 2 unspecified atom stereocenters. The van der Waals surface area contributed by atoms with Crippen LogP contribution in [-0.4, -0.2) is 27.0 Å². The molecule has 0 amide bonds. The van der Waals surface area contributed by atoms with Crippen molar-refractivity contribution < 1.29 is 8.82 Å². The van der Waals surface area contributed by atoms with E-state index in [1.54, 1.807) is 0 Å². The van der Waals surface area contributed by atoms with Crippen LogP contribution in [0.4, 0.5) is 4.39 Å². The molecule has 4 heteroatoms. The Bertz CT molecular complexity index is 1040. The number of rotatable bonds is 13. The summed E-state index contributed by atoms with van der Waals surface area (Å²) in [4.78, 5) is 0. The summed E-state index contributed by atoms with van der Waals surface area (Å²) in [7, 11) is -2.68. The zero-order chi connectivity index (χ0) is 26.0. The standard InChI is InChI=1S/C32H40FNOSi/c1-6-16-28(34-31(26(2)33)24-23-27-17-10-7-11-18-27)25-35-36(32(3,4)5,29-19-12-8-13-20-29)30-21-14-9-15-22-30/h6-15,17-22,28,31,34H,1-2,16,23-25H2,3-5H3. The Hall–Kier alpha value is -2.79. The van der Waals surface area contributed by atoms with Crippen LogP contribution in [0.2, 0.25) is 5.04 Å². The molecule has 0 saturated carbocycles. The minimum atomic E-state index is -2.68. The second-order valence-electron chi connectivity index (χ2n) is 10.4. The Labute approximate surface area is 218 Å². The summed E-state index contributed by atoms with van der Waals surface area (Å²) < 4.78 is 21.6. The highest BCUT2D eigenvalue weighted by atomic mass is 28.4. The first-order valence-corrected chi connectivity index (χ1v) is 14.7. The summed E-state index contributed by atoms with van der Waals surface area (Å²) >= 11 is 0. The second kappa shape index (κ2) is 13.0. The quantitative estimate of drug-likeness (QED) is 0.211. The van der Waals surface area contributed by atoms with Crippen LogP contribution in [0.5, 0.6) is 0 Å². The average molecular weight is 502 g/mol. The third-order valence-corrected chi connectivity index (χ3v) is 11.8. The van der Waals surface area contributed by atoms with E-state index < -0.39 is 14.4 Å². The zero-order valence-corrected chi connectivity index (χ0v) is 22.9. The van der Waals surface area contributed by atoms with E-state index in [0.29, 0.717) is 19.4 Å². The van der Waals surface area contributed by atoms with Crippen LogP contribution < -0.4 is 15.7 Å². The summed E-state index contributed by atoms with van der Waals surface area (Å²) in [6.07, 6.45) is 3.96. The van der Waals surface area contributed by atoms with Crippen LogP contribution >= 0.6 is 0 Å². The first-order chi connectivity index (χ1) is 17.3. The van der Waals surface area contributed by atoms with E-state index in [2.05, 4.69) is 99.9 Å². The fraction of sp³-hybridized carbons (Fsp3) is 0.312. The van der Waals surface area contributed by atoms with Crippen LogP contribution in [0.1, 0.15) is 39.2 Å². The van der Waals surface area contributed by atoms with Gasteiger partial charge in [0.05, 0.1) is 12.6 Å². The van der Waals surface area contributed by atoms with Gasteiger partial charge in [0.25, 0.3) is 8.32 Å². The van der Waals surface area contributed by atoms with E-state index in [-0.39, 0.29) is 16.9 Å². The van der Waals surface area contributed by atoms with Gasteiger partial charge in [0.15, 0.2) is 0 Å². The molecule has 0 bridgehead atoms. The van der Waals surface area contributed by atoms with E-state index in [1.165, 1.54) is 15.9 Å². The number of hydrogen-bond acceptors (Lipinski definition) is 2. The number of hydrogen-bond donors (Lipinski definition) is 1. The van der Waals surface area contributed by atoms with Crippen LogP contribution in [0.15, 0.2) is 116 Å². The van der Waals surface area contributed by atoms with Crippen LogP contribution in [-0.2, 0) is 10.8 Å². The molecule has 0 aliphatic heterocycles. The molecule has 0 aliphatic rings. The van der Waals surface area contributed by atoms with E-state index >= 15 is 0 Å². The maximum Gasteiger partial charge on any atom is 0.261 e. The lowest BCUT2D eigenvalue weighted by Crippen LogP contribution is -2.67. The van der Waals surface area contributed by atoms with Gasteiger partial charge in [0.2, 0.25) is 0 Å². The molecule has 0 radical (unpaired) electrons. The Morgan fingerprint density at radius 3 is 1.86 bits per heavy atom. The molecule has 36 heavy (non-hydrogen) atoms. The number of aryl methyl sites for hydroxylation is 1. The van der Waals surface area contributed by atoms with Gasteiger partial charge in [0.1, 0.15) is 5.83 Å². The highest BCUT2D eigenvalue weighted by Crippen LogP contribution is 2.37. The molecule has 3 aromatic carbocycles. The minimum Gasteiger partial charge on any atom is -0.406 e. The SMILES string of the molecule is C=CCC(CO[Si](c1ccccc1)(c1ccccc1)C(C)(C)C)NC(CCc1ccccc1)C(=C)F. The van der Waals surface area contributed by atoms with Crippen LogP contribution in [0.25, 0.3) is 0 Å². The van der Waals surface area contributed by atoms with Gasteiger partial charge in [-0.15, -0.1) is 6.58 Å². The van der Waals surface area contributed by atoms with Crippen molar-refractivity contribution in [2.24, 2.45) is 0 Å². The van der Waals surface area contributed by atoms with Crippen LogP contribution in [0, 0.1) is 0 Å². The van der Waals surface area contributed by atoms with E-state index in [1.807, 2.05) is 36.4 Å². The predicted octanol–water partition coefficient (Wildman–Crippen LogP) is 6.58. The predicted molar refractivity (Wildman–Crippen MR) is 154 cm³/mol. The molecular formula is C32H40FNOSi. The van der Waals surface area contributed by atoms with E-state index in [4.69, 9.17) is 4.43 Å². The second-order valence-corrected chi connectivity index (χ2v) is 14.7. The van der Waals surface area contributed by atoms with Crippen LogP contribution in [0.3, 0.4) is 0 Å². The highest BCUT2D eigenvalue weighted by Gasteiger charge is 2.50. The molecule has 0 heterocycles. The molecule has 0 spiro atoms. The minimum absolute atomic E-state index is 0.0857. The van der Waals surface area contributed by atoms with Crippen molar-refractivity contribution in [2.45, 2.75) is 57.2 Å². The largest absolute Gasteiger partial charge is 0.406 e. The average Bonchev–Trinajstić information content (AvgIpc) is 2.87. The fourth-order valence-corrected chi connectivity index (χ4v) is 9.55. The van der Waals surface area contributed by atoms with Gasteiger partial charge in [-0.25, -0.2) is 4.39 Å². The molecule has 190 valence electrons. The number of halogens is 1. The van der Waals surface area contributed by atoms with Gasteiger partial charge in [-0.1, -0.05) is 124 Å². The molecule has 0 aromatic heterocycles. The summed E-state index contributed by atoms with van der Waals surface area (Å²) in [5, 5.41) is 5.85. The van der Waals surface area contributed by atoms with Gasteiger partial charge in [-0.3, -0.25) is 0 Å². The topological polar surface area (TPSA) is 21.3 Å². The van der Waals surface area contributed by atoms with Crippen molar-refractivity contribution in [2.75, 3.05) is 6.61 Å². The molecular weight excluding hydrogens is 461 g/mol. The zero-order valence-electron chi connectivity index (χ0n) is 21.9. The van der Waals surface area contributed by atoms with Crippen molar-refractivity contribution in [3.8, 4) is 0 Å². The Morgan fingerprint density at radius 2 is 1.42 bits per heavy atom. The first kappa shape index (κ1) is 27.8. The van der Waals surface area contributed by atoms with E-state index in [9.17, 15) is 4.39 Å². The highest BCUT2D eigenvalue weighted by molar-refractivity contribution is 6.99. The molecule has 1 N–H and O–H groups in total. The number of benzene rings is 3. The van der Waals surface area contributed by atoms with Gasteiger partial charge >= 0.3 is 0 Å². The summed E-state index contributed by atoms with van der Waals surface area (Å²) in [5.74, 6) is -0.342. The lowest BCUT2D eigenvalue weighted by atomic mass is 10.0. The van der Waals surface area contributed by atoms with Crippen molar-refractivity contribution in [3.05, 3.63) is 122 Å². The molecule has 0 aliphatic carbocycles. The van der Waals surface area contributed by atoms with Gasteiger partial charge < -0.3 is 9.74 Å². The smallest absolute Gasteiger partial charge is 0.261 e. The molecule has 0 fully saturated rings. The lowest BCUT2D eigenvalue weighted by molar-refractivity contribution is 0.236. The fourth-order valence-electron chi connectivity index (χ4n) is 4.94. The molecule has 2 nitrogen and oxygen atoms in total. The molecule has 0 saturated heterocycles. The maximum atomic E-state index is 14.5. The first-order valence-electron chi connectivity index (χ1n) is 12.8. The summed E-state index contributed by atoms with van der Waals surface area (Å²) in [6.45, 7) is 14.8. The van der Waals surface area contributed by atoms with Crippen molar-refractivity contribution in [3.63, 3.8) is 0 Å².